The first-order valence-corrected chi connectivity index (χ1v) is 16.5. The van der Waals surface area contributed by atoms with Gasteiger partial charge in [-0.25, -0.2) is 4.79 Å². The number of methoxy groups -OCH3 is 1. The van der Waals surface area contributed by atoms with E-state index in [9.17, 15) is 39.0 Å². The van der Waals surface area contributed by atoms with Crippen LogP contribution < -0.4 is 0 Å². The van der Waals surface area contributed by atoms with E-state index in [1.54, 1.807) is 6.08 Å². The molecule has 1 heterocycles. The molecule has 0 aromatic carbocycles. The van der Waals surface area contributed by atoms with Gasteiger partial charge in [0.15, 0.2) is 42.3 Å². The molecule has 0 bridgehead atoms. The number of hydrogen-bond donors (Lipinski definition) is 2. The molecule has 5 aliphatic rings. The number of fused-ring (bicyclic) bond motifs is 5. The second kappa shape index (κ2) is 13.3. The highest BCUT2D eigenvalue weighted by atomic mass is 16.7. The smallest absolute Gasteiger partial charge is 0.339 e. The lowest BCUT2D eigenvalue weighted by Crippen LogP contribution is -2.64. The van der Waals surface area contributed by atoms with Crippen LogP contribution in [0, 0.1) is 28.6 Å². The van der Waals surface area contributed by atoms with E-state index in [1.807, 2.05) is 6.92 Å². The number of rotatable bonds is 8. The van der Waals surface area contributed by atoms with E-state index >= 15 is 0 Å². The Morgan fingerprint density at radius 3 is 2.17 bits per heavy atom. The lowest BCUT2D eigenvalue weighted by molar-refractivity contribution is -0.300. The summed E-state index contributed by atoms with van der Waals surface area (Å²) in [4.78, 5) is 75.2. The van der Waals surface area contributed by atoms with Crippen LogP contribution in [0.2, 0.25) is 0 Å². The summed E-state index contributed by atoms with van der Waals surface area (Å²) in [6.07, 6.45) is -3.88. The number of ketones is 2. The average molecular weight is 679 g/mol. The zero-order valence-corrected chi connectivity index (χ0v) is 28.2. The number of carbonyl (C=O) groups excluding carboxylic acids is 6. The highest BCUT2D eigenvalue weighted by molar-refractivity contribution is 5.92. The Morgan fingerprint density at radius 1 is 0.917 bits per heavy atom. The number of esters is 4. The normalized spacial score (nSPS) is 41.9. The summed E-state index contributed by atoms with van der Waals surface area (Å²) in [6.45, 7) is 6.38. The largest absolute Gasteiger partial charge is 0.467 e. The van der Waals surface area contributed by atoms with Gasteiger partial charge in [-0.05, 0) is 67.8 Å². The highest BCUT2D eigenvalue weighted by Gasteiger charge is 2.68. The van der Waals surface area contributed by atoms with Crippen molar-refractivity contribution in [3.63, 3.8) is 0 Å². The molecule has 14 nitrogen and oxygen atoms in total. The molecule has 14 heteroatoms. The average Bonchev–Trinajstić information content (AvgIpc) is 3.27. The van der Waals surface area contributed by atoms with E-state index in [2.05, 4.69) is 6.92 Å². The number of aliphatic hydroxyl groups is 2. The van der Waals surface area contributed by atoms with Crippen LogP contribution in [0.15, 0.2) is 11.6 Å². The minimum Gasteiger partial charge on any atom is -0.467 e. The SMILES string of the molecule is COC(=O)C1OC(OCC(=O)C2(O)CCC3C4CCC5=CC(=O)CCC5(C)C4C(O)CC32C)C(OC(C)=O)C(OC(C)=O)C1OC(C)=O. The predicted octanol–water partition coefficient (Wildman–Crippen LogP) is 1.50. The van der Waals surface area contributed by atoms with Gasteiger partial charge < -0.3 is 38.6 Å². The van der Waals surface area contributed by atoms with Crippen LogP contribution in [0.1, 0.15) is 79.6 Å². The van der Waals surface area contributed by atoms with Crippen molar-refractivity contribution in [3.05, 3.63) is 11.6 Å². The van der Waals surface area contributed by atoms with Gasteiger partial charge in [-0.2, -0.15) is 0 Å². The molecule has 48 heavy (non-hydrogen) atoms. The molecule has 0 radical (unpaired) electrons. The van der Waals surface area contributed by atoms with Crippen molar-refractivity contribution in [2.45, 2.75) is 122 Å². The van der Waals surface area contributed by atoms with Crippen molar-refractivity contribution in [2.24, 2.45) is 28.6 Å². The molecule has 0 aromatic rings. The Kier molecular flexibility index (Phi) is 9.97. The fourth-order valence-corrected chi connectivity index (χ4v) is 9.64. The van der Waals surface area contributed by atoms with Gasteiger partial charge in [0.2, 0.25) is 0 Å². The second-order valence-corrected chi connectivity index (χ2v) is 14.4. The van der Waals surface area contributed by atoms with E-state index in [0.717, 1.165) is 39.9 Å². The summed E-state index contributed by atoms with van der Waals surface area (Å²) in [5.74, 6) is -4.35. The van der Waals surface area contributed by atoms with Crippen molar-refractivity contribution in [1.29, 1.82) is 0 Å². The van der Waals surface area contributed by atoms with Gasteiger partial charge in [0.1, 0.15) is 12.2 Å². The number of hydrogen-bond acceptors (Lipinski definition) is 14. The van der Waals surface area contributed by atoms with E-state index in [1.165, 1.54) is 0 Å². The third-order valence-electron chi connectivity index (χ3n) is 11.7. The molecule has 1 saturated heterocycles. The first-order valence-electron chi connectivity index (χ1n) is 16.5. The van der Waals surface area contributed by atoms with Crippen LogP contribution in [0.4, 0.5) is 0 Å². The summed E-state index contributed by atoms with van der Waals surface area (Å²) < 4.78 is 32.4. The monoisotopic (exact) mass is 678 g/mol. The zero-order chi connectivity index (χ0) is 35.3. The quantitative estimate of drug-likeness (QED) is 0.277. The van der Waals surface area contributed by atoms with Crippen molar-refractivity contribution in [3.8, 4) is 0 Å². The Labute approximate surface area is 278 Å². The van der Waals surface area contributed by atoms with E-state index in [0.29, 0.717) is 25.7 Å². The van der Waals surface area contributed by atoms with Gasteiger partial charge in [0.25, 0.3) is 0 Å². The van der Waals surface area contributed by atoms with Crippen LogP contribution >= 0.6 is 0 Å². The molecule has 5 rings (SSSR count). The summed E-state index contributed by atoms with van der Waals surface area (Å²) in [5, 5.41) is 23.9. The van der Waals surface area contributed by atoms with Crippen LogP contribution in [-0.2, 0) is 57.2 Å². The number of allylic oxidation sites excluding steroid dienone is 1. The topological polar surface area (TPSA) is 198 Å². The lowest BCUT2D eigenvalue weighted by Gasteiger charge is -2.60. The van der Waals surface area contributed by atoms with Crippen LogP contribution in [0.5, 0.6) is 0 Å². The van der Waals surface area contributed by atoms with E-state index in [-0.39, 0.29) is 41.8 Å². The molecule has 2 N–H and O–H groups in total. The molecule has 0 spiro atoms. The minimum atomic E-state index is -1.90. The summed E-state index contributed by atoms with van der Waals surface area (Å²) >= 11 is 0. The number of ether oxygens (including phenoxy) is 6. The molecular weight excluding hydrogens is 632 g/mol. The fraction of sp³-hybridized carbons (Fsp3) is 0.765. The molecule has 4 fully saturated rings. The standard InChI is InChI=1S/C34H46O14/c1-16(35)45-26-27(46-17(2)36)29(47-18(3)37)31(48-28(26)30(41)43-6)44-15-24(40)34(42)12-10-22-21-8-7-19-13-20(38)9-11-32(19,4)25(21)23(39)14-33(22,34)5/h13,21-23,25-29,31,39,42H,7-12,14-15H2,1-6H3. The molecule has 266 valence electrons. The summed E-state index contributed by atoms with van der Waals surface area (Å²) in [6, 6.07) is 0. The fourth-order valence-electron chi connectivity index (χ4n) is 9.64. The molecule has 4 aliphatic carbocycles. The van der Waals surface area contributed by atoms with Gasteiger partial charge in [0, 0.05) is 32.6 Å². The molecular formula is C34H46O14. The minimum absolute atomic E-state index is 0.0235. The predicted molar refractivity (Wildman–Crippen MR) is 161 cm³/mol. The highest BCUT2D eigenvalue weighted by Crippen LogP contribution is 2.67. The van der Waals surface area contributed by atoms with Crippen molar-refractivity contribution < 1.29 is 67.4 Å². The number of Topliss-reactive ketones (excluding diaryl/α,β-unsaturated/α-hetero) is 1. The van der Waals surface area contributed by atoms with E-state index < -0.39 is 84.1 Å². The van der Waals surface area contributed by atoms with Crippen LogP contribution in [0.3, 0.4) is 0 Å². The molecule has 0 aromatic heterocycles. The Bertz CT molecular complexity index is 1390. The maximum absolute atomic E-state index is 14.0. The van der Waals surface area contributed by atoms with Crippen LogP contribution in [-0.4, -0.2) is 102 Å². The number of carbonyl (C=O) groups is 6. The van der Waals surface area contributed by atoms with Gasteiger partial charge in [-0.3, -0.25) is 24.0 Å². The zero-order valence-electron chi connectivity index (χ0n) is 28.2. The van der Waals surface area contributed by atoms with Crippen molar-refractivity contribution in [2.75, 3.05) is 13.7 Å². The van der Waals surface area contributed by atoms with Gasteiger partial charge in [-0.1, -0.05) is 19.4 Å². The summed E-state index contributed by atoms with van der Waals surface area (Å²) in [5.41, 5.74) is -2.17. The maximum Gasteiger partial charge on any atom is 0.339 e. The molecule has 12 unspecified atom stereocenters. The third-order valence-corrected chi connectivity index (χ3v) is 11.7. The molecule has 12 atom stereocenters. The first-order chi connectivity index (χ1) is 22.5. The van der Waals surface area contributed by atoms with Gasteiger partial charge >= 0.3 is 23.9 Å². The molecule has 3 saturated carbocycles. The van der Waals surface area contributed by atoms with Gasteiger partial charge in [0.05, 0.1) is 13.2 Å². The third kappa shape index (κ3) is 6.09. The first kappa shape index (κ1) is 36.1. The second-order valence-electron chi connectivity index (χ2n) is 14.4. The molecule has 1 aliphatic heterocycles. The Morgan fingerprint density at radius 2 is 1.54 bits per heavy atom. The lowest BCUT2D eigenvalue weighted by atomic mass is 9.45. The maximum atomic E-state index is 14.0. The number of aliphatic hydroxyl groups excluding tert-OH is 1. The Balaban J connectivity index is 1.39. The van der Waals surface area contributed by atoms with Crippen molar-refractivity contribution in [1.82, 2.24) is 0 Å². The van der Waals surface area contributed by atoms with Crippen molar-refractivity contribution >= 4 is 35.4 Å². The van der Waals surface area contributed by atoms with Crippen LogP contribution in [0.25, 0.3) is 0 Å². The summed E-state index contributed by atoms with van der Waals surface area (Å²) in [7, 11) is 1.06. The molecule has 0 amide bonds. The Hall–Kier alpha value is -3.20. The van der Waals surface area contributed by atoms with Gasteiger partial charge in [-0.15, -0.1) is 0 Å². The van der Waals surface area contributed by atoms with E-state index in [4.69, 9.17) is 28.4 Å².